The summed E-state index contributed by atoms with van der Waals surface area (Å²) in [6.45, 7) is 3.70. The molecule has 1 aliphatic carbocycles. The number of likely N-dealkylation sites (tertiary alicyclic amines) is 1. The van der Waals surface area contributed by atoms with Crippen molar-refractivity contribution in [3.05, 3.63) is 56.2 Å². The molecular weight excluding hydrogens is 498 g/mol. The van der Waals surface area contributed by atoms with E-state index in [4.69, 9.17) is 9.47 Å². The van der Waals surface area contributed by atoms with Gasteiger partial charge in [-0.3, -0.25) is 19.2 Å². The average molecular weight is 520 g/mol. The first-order chi connectivity index (χ1) is 15.4. The molecule has 2 aromatic rings. The molecule has 0 saturated carbocycles. The minimum atomic E-state index is -2.02. The highest BCUT2D eigenvalue weighted by Crippen LogP contribution is 2.53. The van der Waals surface area contributed by atoms with Gasteiger partial charge in [-0.15, -0.1) is 11.3 Å². The first-order valence-corrected chi connectivity index (χ1v) is 12.0. The summed E-state index contributed by atoms with van der Waals surface area (Å²) in [7, 11) is 0. The van der Waals surface area contributed by atoms with Crippen molar-refractivity contribution in [3.8, 4) is 0 Å². The molecule has 1 saturated heterocycles. The van der Waals surface area contributed by atoms with Gasteiger partial charge in [-0.2, -0.15) is 0 Å². The summed E-state index contributed by atoms with van der Waals surface area (Å²) in [4.78, 5) is 55.8. The first kappa shape index (κ1) is 22.7. The number of amides is 1. The van der Waals surface area contributed by atoms with Crippen LogP contribution in [0.1, 0.15) is 34.6 Å². The Morgan fingerprint density at radius 1 is 1.12 bits per heavy atom. The Balaban J connectivity index is 1.88. The fourth-order valence-corrected chi connectivity index (χ4v) is 6.36. The van der Waals surface area contributed by atoms with Crippen LogP contribution in [0.4, 0.5) is 0 Å². The maximum atomic E-state index is 13.7. The quantitative estimate of drug-likeness (QED) is 0.429. The second kappa shape index (κ2) is 8.78. The Morgan fingerprint density at radius 2 is 1.75 bits per heavy atom. The van der Waals surface area contributed by atoms with Gasteiger partial charge in [0.25, 0.3) is 0 Å². The molecule has 1 amide bonds. The minimum absolute atomic E-state index is 0.0217. The fourth-order valence-electron chi connectivity index (χ4n) is 4.69. The van der Waals surface area contributed by atoms with E-state index >= 15 is 0 Å². The number of ether oxygens (including phenoxy) is 2. The number of esters is 2. The molecule has 1 aromatic carbocycles. The van der Waals surface area contributed by atoms with Crippen molar-refractivity contribution < 1.29 is 28.7 Å². The van der Waals surface area contributed by atoms with Crippen LogP contribution in [0, 0.1) is 11.8 Å². The van der Waals surface area contributed by atoms with Crippen molar-refractivity contribution in [3.63, 3.8) is 0 Å². The zero-order chi connectivity index (χ0) is 23.0. The van der Waals surface area contributed by atoms with Crippen molar-refractivity contribution in [1.29, 1.82) is 0 Å². The third-order valence-corrected chi connectivity index (χ3v) is 7.61. The van der Waals surface area contributed by atoms with Gasteiger partial charge >= 0.3 is 11.9 Å². The molecule has 168 valence electrons. The van der Waals surface area contributed by atoms with Crippen molar-refractivity contribution in [2.75, 3.05) is 19.8 Å². The van der Waals surface area contributed by atoms with Crippen molar-refractivity contribution >= 4 is 50.9 Å². The molecule has 0 N–H and O–H groups in total. The summed E-state index contributed by atoms with van der Waals surface area (Å²) in [6.07, 6.45) is 0. The zero-order valence-electron chi connectivity index (χ0n) is 17.6. The van der Waals surface area contributed by atoms with Crippen molar-refractivity contribution in [1.82, 2.24) is 4.90 Å². The summed E-state index contributed by atoms with van der Waals surface area (Å²) < 4.78 is 11.2. The van der Waals surface area contributed by atoms with Crippen LogP contribution in [0.5, 0.6) is 0 Å². The molecule has 7 nitrogen and oxygen atoms in total. The number of carbonyl (C=O) groups is 4. The predicted octanol–water partition coefficient (Wildman–Crippen LogP) is 3.35. The number of hydrogen-bond donors (Lipinski definition) is 0. The van der Waals surface area contributed by atoms with Gasteiger partial charge in [-0.25, -0.2) is 0 Å². The Hall–Kier alpha value is -2.52. The lowest BCUT2D eigenvalue weighted by atomic mass is 9.61. The van der Waals surface area contributed by atoms with Gasteiger partial charge < -0.3 is 14.4 Å². The molecule has 0 spiro atoms. The van der Waals surface area contributed by atoms with Gasteiger partial charge in [0.15, 0.2) is 5.78 Å². The van der Waals surface area contributed by atoms with Crippen LogP contribution >= 0.6 is 27.3 Å². The SMILES string of the molecule is CCOC(=O)C1(C(=O)OCC)c2cc(Br)sc2C(=O)[C@H]2CN(Cc3ccccc3)C(=O)[C@H]21. The number of benzene rings is 1. The third kappa shape index (κ3) is 3.38. The maximum absolute atomic E-state index is 13.7. The van der Waals surface area contributed by atoms with Crippen molar-refractivity contribution in [2.45, 2.75) is 25.8 Å². The van der Waals surface area contributed by atoms with E-state index in [1.807, 2.05) is 30.3 Å². The van der Waals surface area contributed by atoms with E-state index in [1.54, 1.807) is 24.8 Å². The summed E-state index contributed by atoms with van der Waals surface area (Å²) in [5.74, 6) is -4.45. The number of halogens is 1. The molecule has 1 aliphatic heterocycles. The van der Waals surface area contributed by atoms with Crippen LogP contribution in [-0.2, 0) is 35.8 Å². The van der Waals surface area contributed by atoms with E-state index in [0.717, 1.165) is 16.9 Å². The second-order valence-electron chi connectivity index (χ2n) is 7.70. The minimum Gasteiger partial charge on any atom is -0.465 e. The lowest BCUT2D eigenvalue weighted by Gasteiger charge is -2.38. The molecular formula is C23H22BrNO6S. The molecule has 32 heavy (non-hydrogen) atoms. The first-order valence-electron chi connectivity index (χ1n) is 10.4. The number of thiophene rings is 1. The fraction of sp³-hybridized carbons (Fsp3) is 0.391. The number of nitrogens with zero attached hydrogens (tertiary/aromatic N) is 1. The van der Waals surface area contributed by atoms with Gasteiger partial charge in [0.2, 0.25) is 11.3 Å². The molecule has 2 heterocycles. The summed E-state index contributed by atoms with van der Waals surface area (Å²) >= 11 is 4.51. The monoisotopic (exact) mass is 519 g/mol. The van der Waals surface area contributed by atoms with E-state index in [0.29, 0.717) is 3.79 Å². The summed E-state index contributed by atoms with van der Waals surface area (Å²) in [5.41, 5.74) is -0.944. The molecule has 4 rings (SSSR count). The number of carbonyl (C=O) groups excluding carboxylic acids is 4. The number of fused-ring (bicyclic) bond motifs is 2. The molecule has 0 bridgehead atoms. The standard InChI is InChI=1S/C23H22BrNO6S/c1-3-30-21(28)23(22(29)31-4-2)15-10-16(24)32-19(15)18(26)14-12-25(20(27)17(14)23)11-13-8-6-5-7-9-13/h5-10,14,17H,3-4,11-12H2,1-2H3/t14-,17-/m0/s1. The second-order valence-corrected chi connectivity index (χ2v) is 10.1. The maximum Gasteiger partial charge on any atom is 0.328 e. The molecule has 2 atom stereocenters. The van der Waals surface area contributed by atoms with E-state index < -0.39 is 35.1 Å². The van der Waals surface area contributed by atoms with Gasteiger partial charge in [0.1, 0.15) is 0 Å². The Kier molecular flexibility index (Phi) is 6.22. The number of rotatable bonds is 6. The average Bonchev–Trinajstić information content (AvgIpc) is 3.31. The number of Topliss-reactive ketones (excluding diaryl/α,β-unsaturated/α-hetero) is 1. The van der Waals surface area contributed by atoms with Gasteiger partial charge in [0, 0.05) is 18.7 Å². The van der Waals surface area contributed by atoms with Crippen LogP contribution in [-0.4, -0.2) is 48.3 Å². The van der Waals surface area contributed by atoms with Gasteiger partial charge in [-0.05, 0) is 41.4 Å². The van der Waals surface area contributed by atoms with Crippen LogP contribution in [0.3, 0.4) is 0 Å². The van der Waals surface area contributed by atoms with Crippen molar-refractivity contribution in [2.24, 2.45) is 11.8 Å². The molecule has 1 fully saturated rings. The van der Waals surface area contributed by atoms with E-state index in [2.05, 4.69) is 15.9 Å². The smallest absolute Gasteiger partial charge is 0.328 e. The van der Waals surface area contributed by atoms with Crippen LogP contribution in [0.25, 0.3) is 0 Å². The summed E-state index contributed by atoms with van der Waals surface area (Å²) in [6, 6.07) is 10.9. The molecule has 2 aliphatic rings. The topological polar surface area (TPSA) is 90.0 Å². The Labute approximate surface area is 197 Å². The molecule has 0 unspecified atom stereocenters. The van der Waals surface area contributed by atoms with Crippen LogP contribution in [0.15, 0.2) is 40.2 Å². The zero-order valence-corrected chi connectivity index (χ0v) is 20.0. The molecule has 9 heteroatoms. The third-order valence-electron chi connectivity index (χ3n) is 5.96. The lowest BCUT2D eigenvalue weighted by molar-refractivity contribution is -0.171. The lowest BCUT2D eigenvalue weighted by Crippen LogP contribution is -2.59. The highest BCUT2D eigenvalue weighted by atomic mass is 79.9. The van der Waals surface area contributed by atoms with Crippen LogP contribution in [0.2, 0.25) is 0 Å². The Morgan fingerprint density at radius 3 is 2.34 bits per heavy atom. The molecule has 0 radical (unpaired) electrons. The van der Waals surface area contributed by atoms with E-state index in [9.17, 15) is 19.2 Å². The largest absolute Gasteiger partial charge is 0.465 e. The highest BCUT2D eigenvalue weighted by molar-refractivity contribution is 9.11. The molecule has 1 aromatic heterocycles. The van der Waals surface area contributed by atoms with Crippen LogP contribution < -0.4 is 0 Å². The van der Waals surface area contributed by atoms with Gasteiger partial charge in [-0.1, -0.05) is 30.3 Å². The Bertz CT molecular complexity index is 1060. The van der Waals surface area contributed by atoms with E-state index in [-0.39, 0.29) is 42.5 Å². The highest BCUT2D eigenvalue weighted by Gasteiger charge is 2.69. The predicted molar refractivity (Wildman–Crippen MR) is 120 cm³/mol. The van der Waals surface area contributed by atoms with E-state index in [1.165, 1.54) is 0 Å². The van der Waals surface area contributed by atoms with Gasteiger partial charge in [0.05, 0.1) is 33.7 Å². The normalized spacial score (nSPS) is 21.2. The number of ketones is 1. The summed E-state index contributed by atoms with van der Waals surface area (Å²) in [5, 5.41) is 0. The number of hydrogen-bond acceptors (Lipinski definition) is 7.